The van der Waals surface area contributed by atoms with E-state index in [9.17, 15) is 0 Å². The molecule has 0 aromatic rings. The van der Waals surface area contributed by atoms with E-state index >= 15 is 0 Å². The van der Waals surface area contributed by atoms with E-state index in [0.717, 1.165) is 12.8 Å². The highest BCUT2D eigenvalue weighted by Crippen LogP contribution is 2.23. The molecule has 2 atom stereocenters. The Morgan fingerprint density at radius 1 is 1.56 bits per heavy atom. The molecule has 1 aliphatic carbocycles. The van der Waals surface area contributed by atoms with E-state index in [1.54, 1.807) is 0 Å². The van der Waals surface area contributed by atoms with Crippen molar-refractivity contribution in [1.29, 1.82) is 0 Å². The van der Waals surface area contributed by atoms with Gasteiger partial charge >= 0.3 is 0 Å². The Balaban J connectivity index is 2.48. The van der Waals surface area contributed by atoms with Crippen LogP contribution in [0.2, 0.25) is 0 Å². The molecule has 88 valence electrons. The van der Waals surface area contributed by atoms with E-state index in [-0.39, 0.29) is 0 Å². The van der Waals surface area contributed by atoms with Crippen LogP contribution in [-0.4, -0.2) is 0 Å². The van der Waals surface area contributed by atoms with E-state index in [2.05, 4.69) is 57.7 Å². The molecule has 0 aliphatic heterocycles. The van der Waals surface area contributed by atoms with Crippen LogP contribution in [0.1, 0.15) is 40.0 Å². The fraction of sp³-hybridized carbons (Fsp3) is 0.500. The summed E-state index contributed by atoms with van der Waals surface area (Å²) >= 11 is 0. The van der Waals surface area contributed by atoms with E-state index in [0.29, 0.717) is 11.8 Å². The van der Waals surface area contributed by atoms with Crippen molar-refractivity contribution in [1.82, 2.24) is 0 Å². The number of rotatable bonds is 5. The van der Waals surface area contributed by atoms with Crippen LogP contribution in [0.15, 0.2) is 48.1 Å². The summed E-state index contributed by atoms with van der Waals surface area (Å²) < 4.78 is 0. The molecule has 0 fully saturated rings. The minimum atomic E-state index is 0.583. The predicted molar refractivity (Wildman–Crippen MR) is 73.4 cm³/mol. The molecule has 0 saturated carbocycles. The fourth-order valence-electron chi connectivity index (χ4n) is 1.88. The normalized spacial score (nSPS) is 21.2. The Morgan fingerprint density at radius 2 is 2.31 bits per heavy atom. The van der Waals surface area contributed by atoms with Crippen molar-refractivity contribution >= 4 is 0 Å². The molecule has 2 unspecified atom stereocenters. The van der Waals surface area contributed by atoms with Crippen molar-refractivity contribution in [2.24, 2.45) is 11.8 Å². The van der Waals surface area contributed by atoms with Crippen LogP contribution in [0.4, 0.5) is 0 Å². The lowest BCUT2D eigenvalue weighted by atomic mass is 9.90. The summed E-state index contributed by atoms with van der Waals surface area (Å²) in [5.41, 5.74) is 2.87. The summed E-state index contributed by atoms with van der Waals surface area (Å²) in [6.45, 7) is 10.5. The second-order valence-corrected chi connectivity index (χ2v) is 5.07. The van der Waals surface area contributed by atoms with Gasteiger partial charge < -0.3 is 0 Å². The summed E-state index contributed by atoms with van der Waals surface area (Å²) in [4.78, 5) is 0. The van der Waals surface area contributed by atoms with Crippen LogP contribution < -0.4 is 0 Å². The Labute approximate surface area is 100 Å². The number of hydrogen-bond donors (Lipinski definition) is 0. The molecule has 16 heavy (non-hydrogen) atoms. The summed E-state index contributed by atoms with van der Waals surface area (Å²) in [5.74, 6) is 1.29. The van der Waals surface area contributed by atoms with Crippen LogP contribution in [0, 0.1) is 11.8 Å². The SMILES string of the molecule is C=CC(CC=C(C)C)CC1=CCC(C)C=C1. The van der Waals surface area contributed by atoms with Crippen molar-refractivity contribution < 1.29 is 0 Å². The molecule has 0 saturated heterocycles. The zero-order valence-electron chi connectivity index (χ0n) is 10.9. The summed E-state index contributed by atoms with van der Waals surface area (Å²) in [7, 11) is 0. The van der Waals surface area contributed by atoms with Gasteiger partial charge in [-0.2, -0.15) is 0 Å². The Bertz CT molecular complexity index is 311. The average Bonchev–Trinajstić information content (AvgIpc) is 2.26. The smallest absolute Gasteiger partial charge is 0.0161 e. The summed E-state index contributed by atoms with van der Waals surface area (Å²) in [6.07, 6.45) is 14.8. The lowest BCUT2D eigenvalue weighted by Gasteiger charge is -2.15. The van der Waals surface area contributed by atoms with Gasteiger partial charge in [-0.05, 0) is 44.9 Å². The fourth-order valence-corrected chi connectivity index (χ4v) is 1.88. The molecule has 0 radical (unpaired) electrons. The highest BCUT2D eigenvalue weighted by molar-refractivity contribution is 5.24. The standard InChI is InChI=1S/C16H24/c1-5-15(9-6-13(2)3)12-16-10-7-14(4)8-11-16/h5-7,10-11,14-15H,1,8-9,12H2,2-4H3. The summed E-state index contributed by atoms with van der Waals surface area (Å²) in [6, 6.07) is 0. The minimum Gasteiger partial charge on any atom is -0.103 e. The maximum absolute atomic E-state index is 3.94. The molecular formula is C16H24. The molecule has 0 nitrogen and oxygen atoms in total. The maximum Gasteiger partial charge on any atom is -0.0161 e. The molecule has 0 heteroatoms. The van der Waals surface area contributed by atoms with Gasteiger partial charge in [-0.15, -0.1) is 6.58 Å². The molecule has 0 amide bonds. The molecule has 0 aromatic heterocycles. The molecule has 0 N–H and O–H groups in total. The predicted octanol–water partition coefficient (Wildman–Crippen LogP) is 5.06. The lowest BCUT2D eigenvalue weighted by molar-refractivity contribution is 0.645. The average molecular weight is 216 g/mol. The third-order valence-corrected chi connectivity index (χ3v) is 3.05. The number of allylic oxidation sites excluding steroid dienone is 7. The molecule has 0 heterocycles. The van der Waals surface area contributed by atoms with Gasteiger partial charge in [0.05, 0.1) is 0 Å². The van der Waals surface area contributed by atoms with Gasteiger partial charge in [-0.25, -0.2) is 0 Å². The lowest BCUT2D eigenvalue weighted by Crippen LogP contribution is -2.00. The van der Waals surface area contributed by atoms with E-state index in [4.69, 9.17) is 0 Å². The van der Waals surface area contributed by atoms with Gasteiger partial charge in [0.25, 0.3) is 0 Å². The number of hydrogen-bond acceptors (Lipinski definition) is 0. The van der Waals surface area contributed by atoms with Crippen molar-refractivity contribution in [2.45, 2.75) is 40.0 Å². The first-order valence-electron chi connectivity index (χ1n) is 6.25. The maximum atomic E-state index is 3.94. The van der Waals surface area contributed by atoms with Crippen molar-refractivity contribution in [2.75, 3.05) is 0 Å². The Hall–Kier alpha value is -1.04. The molecule has 0 bridgehead atoms. The van der Waals surface area contributed by atoms with Crippen molar-refractivity contribution in [3.63, 3.8) is 0 Å². The quantitative estimate of drug-likeness (QED) is 0.564. The topological polar surface area (TPSA) is 0 Å². The van der Waals surface area contributed by atoms with E-state index in [1.807, 2.05) is 0 Å². The van der Waals surface area contributed by atoms with Gasteiger partial charge in [0, 0.05) is 0 Å². The highest BCUT2D eigenvalue weighted by atomic mass is 14.1. The first-order chi connectivity index (χ1) is 7.61. The molecule has 0 spiro atoms. The van der Waals surface area contributed by atoms with Crippen molar-refractivity contribution in [3.8, 4) is 0 Å². The van der Waals surface area contributed by atoms with Crippen LogP contribution in [0.25, 0.3) is 0 Å². The largest absolute Gasteiger partial charge is 0.103 e. The van der Waals surface area contributed by atoms with Crippen molar-refractivity contribution in [3.05, 3.63) is 48.1 Å². The molecule has 1 rings (SSSR count). The first kappa shape index (κ1) is 13.0. The molecule has 0 aromatic carbocycles. The Kier molecular flexibility index (Phi) is 5.31. The second kappa shape index (κ2) is 6.52. The minimum absolute atomic E-state index is 0.583. The monoisotopic (exact) mass is 216 g/mol. The highest BCUT2D eigenvalue weighted by Gasteiger charge is 2.08. The van der Waals surface area contributed by atoms with E-state index in [1.165, 1.54) is 17.6 Å². The van der Waals surface area contributed by atoms with Gasteiger partial charge in [-0.3, -0.25) is 0 Å². The van der Waals surface area contributed by atoms with Gasteiger partial charge in [-0.1, -0.05) is 48.5 Å². The summed E-state index contributed by atoms with van der Waals surface area (Å²) in [5, 5.41) is 0. The third-order valence-electron chi connectivity index (χ3n) is 3.05. The van der Waals surface area contributed by atoms with Crippen LogP contribution in [0.3, 0.4) is 0 Å². The molecule has 1 aliphatic rings. The second-order valence-electron chi connectivity index (χ2n) is 5.07. The Morgan fingerprint density at radius 3 is 2.81 bits per heavy atom. The van der Waals surface area contributed by atoms with Gasteiger partial charge in [0.15, 0.2) is 0 Å². The van der Waals surface area contributed by atoms with Gasteiger partial charge in [0.2, 0.25) is 0 Å². The third kappa shape index (κ3) is 4.65. The van der Waals surface area contributed by atoms with Crippen LogP contribution >= 0.6 is 0 Å². The zero-order valence-corrected chi connectivity index (χ0v) is 10.9. The van der Waals surface area contributed by atoms with Crippen LogP contribution in [0.5, 0.6) is 0 Å². The van der Waals surface area contributed by atoms with Gasteiger partial charge in [0.1, 0.15) is 0 Å². The van der Waals surface area contributed by atoms with E-state index < -0.39 is 0 Å². The van der Waals surface area contributed by atoms with Crippen LogP contribution in [-0.2, 0) is 0 Å². The molecular weight excluding hydrogens is 192 g/mol. The zero-order chi connectivity index (χ0) is 12.0. The first-order valence-corrected chi connectivity index (χ1v) is 6.25.